The van der Waals surface area contributed by atoms with E-state index in [0.29, 0.717) is 13.0 Å². The Labute approximate surface area is 135 Å². The molecule has 0 saturated heterocycles. The van der Waals surface area contributed by atoms with Crippen LogP contribution >= 0.6 is 0 Å². The molecule has 9 heteroatoms. The van der Waals surface area contributed by atoms with E-state index in [1.807, 2.05) is 0 Å². The lowest BCUT2D eigenvalue weighted by molar-refractivity contribution is -0.141. The Kier molecular flexibility index (Phi) is 9.91. The van der Waals surface area contributed by atoms with Gasteiger partial charge in [0.25, 0.3) is 0 Å². The van der Waals surface area contributed by atoms with E-state index in [-0.39, 0.29) is 19.8 Å². The highest BCUT2D eigenvalue weighted by Gasteiger charge is 2.26. The SMILES string of the molecule is CC(C)(C)OC(=O)N[C@@H](CC(=O)NCCOCCCO)C(=O)O. The number of aliphatic hydroxyl groups is 1. The third-order valence-corrected chi connectivity index (χ3v) is 2.39. The van der Waals surface area contributed by atoms with Crippen LogP contribution in [0.2, 0.25) is 0 Å². The molecule has 0 fully saturated rings. The summed E-state index contributed by atoms with van der Waals surface area (Å²) >= 11 is 0. The average Bonchev–Trinajstić information content (AvgIpc) is 2.39. The molecule has 0 unspecified atom stereocenters. The Hall–Kier alpha value is -1.87. The van der Waals surface area contributed by atoms with Gasteiger partial charge in [0.15, 0.2) is 0 Å². The predicted molar refractivity (Wildman–Crippen MR) is 80.9 cm³/mol. The Morgan fingerprint density at radius 3 is 2.35 bits per heavy atom. The maximum Gasteiger partial charge on any atom is 0.408 e. The number of carbonyl (C=O) groups is 3. The largest absolute Gasteiger partial charge is 0.480 e. The number of aliphatic carboxylic acids is 1. The van der Waals surface area contributed by atoms with Crippen molar-refractivity contribution in [3.05, 3.63) is 0 Å². The number of hydrogen-bond donors (Lipinski definition) is 4. The summed E-state index contributed by atoms with van der Waals surface area (Å²) in [6.07, 6.45) is -0.801. The van der Waals surface area contributed by atoms with Crippen LogP contribution in [0.4, 0.5) is 4.79 Å². The molecule has 134 valence electrons. The summed E-state index contributed by atoms with van der Waals surface area (Å²) in [7, 11) is 0. The van der Waals surface area contributed by atoms with Crippen LogP contribution in [0.5, 0.6) is 0 Å². The standard InChI is InChI=1S/C14H26N2O7/c1-14(2,3)23-13(21)16-10(12(19)20)9-11(18)15-5-8-22-7-4-6-17/h10,17H,4-9H2,1-3H3,(H,15,18)(H,16,21)(H,19,20)/t10-/m0/s1. The van der Waals surface area contributed by atoms with Crippen LogP contribution in [0.3, 0.4) is 0 Å². The van der Waals surface area contributed by atoms with Crippen molar-refractivity contribution in [2.45, 2.75) is 45.3 Å². The molecule has 0 bridgehead atoms. The Morgan fingerprint density at radius 2 is 1.83 bits per heavy atom. The lowest BCUT2D eigenvalue weighted by Crippen LogP contribution is -2.46. The molecule has 0 aromatic heterocycles. The normalized spacial score (nSPS) is 12.3. The Morgan fingerprint density at radius 1 is 1.17 bits per heavy atom. The van der Waals surface area contributed by atoms with Gasteiger partial charge in [-0.1, -0.05) is 0 Å². The number of alkyl carbamates (subject to hydrolysis) is 1. The zero-order valence-corrected chi connectivity index (χ0v) is 13.8. The molecule has 23 heavy (non-hydrogen) atoms. The van der Waals surface area contributed by atoms with Crippen LogP contribution in [0, 0.1) is 0 Å². The summed E-state index contributed by atoms with van der Waals surface area (Å²) in [6.45, 7) is 5.81. The first-order valence-electron chi connectivity index (χ1n) is 7.33. The highest BCUT2D eigenvalue weighted by atomic mass is 16.6. The lowest BCUT2D eigenvalue weighted by Gasteiger charge is -2.21. The molecule has 0 saturated carbocycles. The summed E-state index contributed by atoms with van der Waals surface area (Å²) in [5.41, 5.74) is -0.763. The van der Waals surface area contributed by atoms with Crippen molar-refractivity contribution in [3.63, 3.8) is 0 Å². The molecule has 2 amide bonds. The van der Waals surface area contributed by atoms with Crippen LogP contribution in [0.15, 0.2) is 0 Å². The highest BCUT2D eigenvalue weighted by Crippen LogP contribution is 2.07. The van der Waals surface area contributed by atoms with Crippen molar-refractivity contribution in [1.29, 1.82) is 0 Å². The Balaban J connectivity index is 4.14. The van der Waals surface area contributed by atoms with E-state index in [4.69, 9.17) is 19.7 Å². The minimum absolute atomic E-state index is 0.0307. The van der Waals surface area contributed by atoms with E-state index in [1.165, 1.54) is 0 Å². The van der Waals surface area contributed by atoms with Crippen LogP contribution < -0.4 is 10.6 Å². The van der Waals surface area contributed by atoms with Gasteiger partial charge in [-0.05, 0) is 27.2 Å². The molecule has 1 atom stereocenters. The second-order valence-electron chi connectivity index (χ2n) is 5.78. The van der Waals surface area contributed by atoms with Gasteiger partial charge in [0.2, 0.25) is 5.91 Å². The molecule has 0 aliphatic carbocycles. The second-order valence-corrected chi connectivity index (χ2v) is 5.78. The highest BCUT2D eigenvalue weighted by molar-refractivity contribution is 5.87. The topological polar surface area (TPSA) is 134 Å². The molecule has 0 aromatic rings. The van der Waals surface area contributed by atoms with E-state index in [9.17, 15) is 14.4 Å². The molecular formula is C14H26N2O7. The third-order valence-electron chi connectivity index (χ3n) is 2.39. The number of rotatable bonds is 10. The molecule has 0 heterocycles. The molecule has 0 rings (SSSR count). The lowest BCUT2D eigenvalue weighted by atomic mass is 10.2. The smallest absolute Gasteiger partial charge is 0.408 e. The molecule has 4 N–H and O–H groups in total. The van der Waals surface area contributed by atoms with Gasteiger partial charge >= 0.3 is 12.1 Å². The molecule has 9 nitrogen and oxygen atoms in total. The summed E-state index contributed by atoms with van der Waals surface area (Å²) in [4.78, 5) is 34.3. The predicted octanol–water partition coefficient (Wildman–Crippen LogP) is -0.130. The Bertz CT molecular complexity index is 393. The van der Waals surface area contributed by atoms with Crippen LogP contribution in [0.1, 0.15) is 33.6 Å². The molecule has 0 aliphatic heterocycles. The van der Waals surface area contributed by atoms with Gasteiger partial charge in [0, 0.05) is 19.8 Å². The number of ether oxygens (including phenoxy) is 2. The zero-order valence-electron chi connectivity index (χ0n) is 13.8. The monoisotopic (exact) mass is 334 g/mol. The van der Waals surface area contributed by atoms with E-state index in [2.05, 4.69) is 10.6 Å². The number of amides is 2. The first-order valence-corrected chi connectivity index (χ1v) is 7.33. The first kappa shape index (κ1) is 21.1. The fraction of sp³-hybridized carbons (Fsp3) is 0.786. The van der Waals surface area contributed by atoms with Gasteiger partial charge in [-0.2, -0.15) is 0 Å². The second kappa shape index (κ2) is 10.8. The number of carboxylic acid groups (broad SMARTS) is 1. The summed E-state index contributed by atoms with van der Waals surface area (Å²) in [5.74, 6) is -1.86. The van der Waals surface area contributed by atoms with Crippen molar-refractivity contribution in [2.24, 2.45) is 0 Å². The minimum Gasteiger partial charge on any atom is -0.480 e. The molecular weight excluding hydrogens is 308 g/mol. The molecule has 0 aromatic carbocycles. The molecule has 0 radical (unpaired) electrons. The maximum atomic E-state index is 11.7. The number of carbonyl (C=O) groups excluding carboxylic acids is 2. The number of aliphatic hydroxyl groups excluding tert-OH is 1. The average molecular weight is 334 g/mol. The minimum atomic E-state index is -1.37. The van der Waals surface area contributed by atoms with Crippen molar-refractivity contribution >= 4 is 18.0 Å². The van der Waals surface area contributed by atoms with Gasteiger partial charge in [0.05, 0.1) is 13.0 Å². The van der Waals surface area contributed by atoms with Crippen LogP contribution in [-0.4, -0.2) is 66.2 Å². The van der Waals surface area contributed by atoms with Gasteiger partial charge in [0.1, 0.15) is 11.6 Å². The number of nitrogens with one attached hydrogen (secondary N) is 2. The quantitative estimate of drug-likeness (QED) is 0.409. The van der Waals surface area contributed by atoms with Crippen molar-refractivity contribution < 1.29 is 34.1 Å². The first-order chi connectivity index (χ1) is 10.7. The summed E-state index contributed by atoms with van der Waals surface area (Å²) in [5, 5.41) is 22.2. The van der Waals surface area contributed by atoms with Gasteiger partial charge in [-0.15, -0.1) is 0 Å². The maximum absolute atomic E-state index is 11.7. The van der Waals surface area contributed by atoms with E-state index < -0.39 is 36.0 Å². The third kappa shape index (κ3) is 12.4. The summed E-state index contributed by atoms with van der Waals surface area (Å²) in [6, 6.07) is -1.37. The molecule has 0 aliphatic rings. The van der Waals surface area contributed by atoms with Crippen LogP contribution in [-0.2, 0) is 19.1 Å². The van der Waals surface area contributed by atoms with Crippen molar-refractivity contribution in [1.82, 2.24) is 10.6 Å². The number of hydrogen-bond acceptors (Lipinski definition) is 6. The van der Waals surface area contributed by atoms with E-state index >= 15 is 0 Å². The summed E-state index contributed by atoms with van der Waals surface area (Å²) < 4.78 is 10.1. The molecule has 0 spiro atoms. The van der Waals surface area contributed by atoms with Crippen LogP contribution in [0.25, 0.3) is 0 Å². The number of carboxylic acids is 1. The fourth-order valence-corrected chi connectivity index (χ4v) is 1.44. The van der Waals surface area contributed by atoms with Crippen molar-refractivity contribution in [2.75, 3.05) is 26.4 Å². The van der Waals surface area contributed by atoms with Crippen molar-refractivity contribution in [3.8, 4) is 0 Å². The van der Waals surface area contributed by atoms with Gasteiger partial charge in [-0.25, -0.2) is 9.59 Å². The zero-order chi connectivity index (χ0) is 17.9. The van der Waals surface area contributed by atoms with E-state index in [1.54, 1.807) is 20.8 Å². The fourth-order valence-electron chi connectivity index (χ4n) is 1.44. The van der Waals surface area contributed by atoms with E-state index in [0.717, 1.165) is 0 Å². The van der Waals surface area contributed by atoms with Gasteiger partial charge in [-0.3, -0.25) is 4.79 Å². The van der Waals surface area contributed by atoms with Gasteiger partial charge < -0.3 is 30.3 Å².